The number of rotatable bonds is 21. The smallest absolute Gasteiger partial charge is 0.159 e. The van der Waals surface area contributed by atoms with Gasteiger partial charge in [0.05, 0.1) is 0 Å². The third-order valence-electron chi connectivity index (χ3n) is 6.28. The highest BCUT2D eigenvalue weighted by molar-refractivity contribution is 4.65. The molecule has 0 fully saturated rings. The molecule has 0 amide bonds. The van der Waals surface area contributed by atoms with Crippen LogP contribution in [0, 0.1) is 11.3 Å². The molecule has 0 radical (unpaired) electrons. The molecule has 0 spiro atoms. The van der Waals surface area contributed by atoms with Crippen LogP contribution in [0.4, 0.5) is 0 Å². The summed E-state index contributed by atoms with van der Waals surface area (Å²) >= 11 is 0. The molecule has 0 aromatic carbocycles. The van der Waals surface area contributed by atoms with E-state index in [1.165, 1.54) is 116 Å². The molecular weight excluding hydrogens is 356 g/mol. The molecule has 29 heavy (non-hydrogen) atoms. The Balaban J connectivity index is 3.76. The second-order valence-corrected chi connectivity index (χ2v) is 10.4. The second-order valence-electron chi connectivity index (χ2n) is 10.4. The summed E-state index contributed by atoms with van der Waals surface area (Å²) in [6.07, 6.45) is 24.7. The van der Waals surface area contributed by atoms with Gasteiger partial charge in [0.2, 0.25) is 0 Å². The maximum absolute atomic E-state index is 5.61. The molecule has 0 aromatic heterocycles. The molecule has 0 saturated heterocycles. The highest BCUT2D eigenvalue weighted by Gasteiger charge is 2.20. The summed E-state index contributed by atoms with van der Waals surface area (Å²) in [6.45, 7) is 9.34. The molecule has 0 aliphatic rings. The van der Waals surface area contributed by atoms with E-state index < -0.39 is 0 Å². The van der Waals surface area contributed by atoms with Gasteiger partial charge in [-0.3, -0.25) is 0 Å². The van der Waals surface area contributed by atoms with Crippen molar-refractivity contribution in [3.63, 3.8) is 0 Å². The predicted octanol–water partition coefficient (Wildman–Crippen LogP) is 9.31. The number of hydrogen-bond donors (Lipinski definition) is 0. The Morgan fingerprint density at radius 2 is 0.931 bits per heavy atom. The van der Waals surface area contributed by atoms with Crippen LogP contribution in [0.15, 0.2) is 0 Å². The van der Waals surface area contributed by atoms with Crippen LogP contribution in [0.5, 0.6) is 0 Å². The molecule has 0 aromatic rings. The lowest BCUT2D eigenvalue weighted by Gasteiger charge is -2.25. The van der Waals surface area contributed by atoms with Gasteiger partial charge >= 0.3 is 0 Å². The Morgan fingerprint density at radius 3 is 1.31 bits per heavy atom. The van der Waals surface area contributed by atoms with Gasteiger partial charge in [-0.15, -0.1) is 0 Å². The van der Waals surface area contributed by atoms with E-state index in [9.17, 15) is 0 Å². The molecule has 0 saturated carbocycles. The lowest BCUT2D eigenvalue weighted by Crippen LogP contribution is -2.25. The van der Waals surface area contributed by atoms with E-state index in [-0.39, 0.29) is 6.29 Å². The average molecular weight is 413 g/mol. The van der Waals surface area contributed by atoms with Crippen molar-refractivity contribution in [2.45, 2.75) is 150 Å². The van der Waals surface area contributed by atoms with Crippen LogP contribution < -0.4 is 0 Å². The number of unbranched alkanes of at least 4 members (excludes halogenated alkanes) is 13. The van der Waals surface area contributed by atoms with E-state index in [1.54, 1.807) is 14.2 Å². The molecule has 176 valence electrons. The van der Waals surface area contributed by atoms with Gasteiger partial charge in [-0.1, -0.05) is 124 Å². The molecule has 0 aliphatic carbocycles. The Morgan fingerprint density at radius 1 is 0.552 bits per heavy atom. The van der Waals surface area contributed by atoms with Crippen LogP contribution in [-0.4, -0.2) is 20.5 Å². The van der Waals surface area contributed by atoms with Crippen molar-refractivity contribution in [2.75, 3.05) is 14.2 Å². The molecular formula is C27H56O2. The molecule has 1 unspecified atom stereocenters. The lowest BCUT2D eigenvalue weighted by molar-refractivity contribution is -0.140. The lowest BCUT2D eigenvalue weighted by atomic mass is 9.89. The van der Waals surface area contributed by atoms with Gasteiger partial charge in [0.15, 0.2) is 6.29 Å². The molecule has 0 heterocycles. The molecule has 0 aliphatic heterocycles. The zero-order valence-corrected chi connectivity index (χ0v) is 21.2. The first-order chi connectivity index (χ1) is 13.9. The Hall–Kier alpha value is -0.0800. The van der Waals surface area contributed by atoms with Crippen molar-refractivity contribution in [3.05, 3.63) is 0 Å². The quantitative estimate of drug-likeness (QED) is 0.138. The fraction of sp³-hybridized carbons (Fsp3) is 1.00. The van der Waals surface area contributed by atoms with Crippen LogP contribution in [0.3, 0.4) is 0 Å². The van der Waals surface area contributed by atoms with Gasteiger partial charge in [-0.25, -0.2) is 0 Å². The van der Waals surface area contributed by atoms with Crippen LogP contribution in [0.25, 0.3) is 0 Å². The van der Waals surface area contributed by atoms with E-state index in [4.69, 9.17) is 9.47 Å². The monoisotopic (exact) mass is 412 g/mol. The Bertz CT molecular complexity index is 317. The summed E-state index contributed by atoms with van der Waals surface area (Å²) < 4.78 is 11.2. The van der Waals surface area contributed by atoms with Crippen molar-refractivity contribution in [2.24, 2.45) is 11.3 Å². The molecule has 0 bridgehead atoms. The summed E-state index contributed by atoms with van der Waals surface area (Å²) in [6, 6.07) is 0. The maximum Gasteiger partial charge on any atom is 0.159 e. The molecule has 1 atom stereocenters. The third-order valence-corrected chi connectivity index (χ3v) is 6.28. The molecule has 2 nitrogen and oxygen atoms in total. The number of ether oxygens (including phenoxy) is 2. The van der Waals surface area contributed by atoms with Crippen LogP contribution in [0.1, 0.15) is 143 Å². The van der Waals surface area contributed by atoms with E-state index >= 15 is 0 Å². The minimum absolute atomic E-state index is 0.0158. The highest BCUT2D eigenvalue weighted by atomic mass is 16.7. The van der Waals surface area contributed by atoms with Crippen molar-refractivity contribution in [1.29, 1.82) is 0 Å². The highest BCUT2D eigenvalue weighted by Crippen LogP contribution is 2.25. The van der Waals surface area contributed by atoms with Gasteiger partial charge < -0.3 is 9.47 Å². The standard InChI is InChI=1S/C27H56O2/c1-7-8-9-10-13-16-19-22-25(26(28-5)29-6)23-20-17-14-11-12-15-18-21-24-27(2,3)4/h25-26H,7-24H2,1-6H3. The molecule has 0 rings (SSSR count). The zero-order valence-electron chi connectivity index (χ0n) is 21.2. The summed E-state index contributed by atoms with van der Waals surface area (Å²) in [5.74, 6) is 0.568. The summed E-state index contributed by atoms with van der Waals surface area (Å²) in [4.78, 5) is 0. The van der Waals surface area contributed by atoms with Gasteiger partial charge in [-0.05, 0) is 24.7 Å². The molecule has 0 N–H and O–H groups in total. The van der Waals surface area contributed by atoms with Crippen LogP contribution >= 0.6 is 0 Å². The van der Waals surface area contributed by atoms with Gasteiger partial charge in [0, 0.05) is 20.1 Å². The Kier molecular flexibility index (Phi) is 19.8. The average Bonchev–Trinajstić information content (AvgIpc) is 2.68. The van der Waals surface area contributed by atoms with Crippen LogP contribution in [-0.2, 0) is 9.47 Å². The summed E-state index contributed by atoms with van der Waals surface area (Å²) in [5, 5.41) is 0. The SMILES string of the molecule is CCCCCCCCCC(CCCCCCCCCCC(C)(C)C)C(OC)OC. The fourth-order valence-electron chi connectivity index (χ4n) is 4.38. The minimum atomic E-state index is -0.0158. The fourth-order valence-corrected chi connectivity index (χ4v) is 4.38. The van der Waals surface area contributed by atoms with Crippen molar-refractivity contribution >= 4 is 0 Å². The number of hydrogen-bond acceptors (Lipinski definition) is 2. The third kappa shape index (κ3) is 19.6. The topological polar surface area (TPSA) is 18.5 Å². The summed E-state index contributed by atoms with van der Waals surface area (Å²) in [5.41, 5.74) is 0.508. The van der Waals surface area contributed by atoms with E-state index in [2.05, 4.69) is 27.7 Å². The first-order valence-corrected chi connectivity index (χ1v) is 13.0. The van der Waals surface area contributed by atoms with Crippen molar-refractivity contribution in [3.8, 4) is 0 Å². The predicted molar refractivity (Wildman–Crippen MR) is 130 cm³/mol. The van der Waals surface area contributed by atoms with Gasteiger partial charge in [0.1, 0.15) is 0 Å². The summed E-state index contributed by atoms with van der Waals surface area (Å²) in [7, 11) is 3.59. The normalized spacial score (nSPS) is 13.3. The number of methoxy groups -OCH3 is 2. The zero-order chi connectivity index (χ0) is 21.8. The minimum Gasteiger partial charge on any atom is -0.356 e. The van der Waals surface area contributed by atoms with Gasteiger partial charge in [0.25, 0.3) is 0 Å². The first-order valence-electron chi connectivity index (χ1n) is 13.0. The van der Waals surface area contributed by atoms with E-state index in [1.807, 2.05) is 0 Å². The maximum atomic E-state index is 5.61. The second kappa shape index (κ2) is 19.9. The van der Waals surface area contributed by atoms with Crippen molar-refractivity contribution in [1.82, 2.24) is 0 Å². The Labute approximate surface area is 184 Å². The first kappa shape index (κ1) is 28.9. The molecule has 2 heteroatoms. The van der Waals surface area contributed by atoms with Gasteiger partial charge in [-0.2, -0.15) is 0 Å². The van der Waals surface area contributed by atoms with Crippen molar-refractivity contribution < 1.29 is 9.47 Å². The van der Waals surface area contributed by atoms with Crippen LogP contribution in [0.2, 0.25) is 0 Å². The van der Waals surface area contributed by atoms with E-state index in [0.717, 1.165) is 0 Å². The van der Waals surface area contributed by atoms with E-state index in [0.29, 0.717) is 11.3 Å². The largest absolute Gasteiger partial charge is 0.356 e.